The maximum atomic E-state index is 12.1. The summed E-state index contributed by atoms with van der Waals surface area (Å²) in [5.74, 6) is -0.618. The van der Waals surface area contributed by atoms with E-state index in [1.54, 1.807) is 12.1 Å². The average Bonchev–Trinajstić information content (AvgIpc) is 2.40. The van der Waals surface area contributed by atoms with Crippen LogP contribution < -0.4 is 15.4 Å². The van der Waals surface area contributed by atoms with Crippen LogP contribution in [0.15, 0.2) is 18.2 Å². The molecule has 1 unspecified atom stereocenters. The molecule has 1 aromatic carbocycles. The number of aromatic hydroxyl groups is 1. The molecule has 1 saturated heterocycles. The van der Waals surface area contributed by atoms with Gasteiger partial charge in [-0.15, -0.1) is 0 Å². The standard InChI is InChI=1S/C13H16N2O4/c1-19-10-6-2-5-9(16)11(10)13(18)15-8-4-3-7-14-12(8)17/h2,5-6,8,16H,3-4,7H2,1H3,(H,14,17)(H,15,18). The number of phenols is 1. The number of carbonyl (C=O) groups is 2. The molecule has 102 valence electrons. The molecule has 1 fully saturated rings. The SMILES string of the molecule is COc1cccc(O)c1C(=O)NC1CCCNC1=O. The van der Waals surface area contributed by atoms with E-state index in [1.165, 1.54) is 13.2 Å². The Morgan fingerprint density at radius 1 is 1.53 bits per heavy atom. The third kappa shape index (κ3) is 2.78. The average molecular weight is 264 g/mol. The molecule has 3 N–H and O–H groups in total. The molecular weight excluding hydrogens is 248 g/mol. The third-order valence-electron chi connectivity index (χ3n) is 3.04. The number of hydrogen-bond donors (Lipinski definition) is 3. The van der Waals surface area contributed by atoms with Crippen molar-refractivity contribution in [3.05, 3.63) is 23.8 Å². The zero-order valence-electron chi connectivity index (χ0n) is 10.6. The number of nitrogens with one attached hydrogen (secondary N) is 2. The van der Waals surface area contributed by atoms with Crippen molar-refractivity contribution in [2.75, 3.05) is 13.7 Å². The van der Waals surface area contributed by atoms with Crippen molar-refractivity contribution in [2.45, 2.75) is 18.9 Å². The van der Waals surface area contributed by atoms with Gasteiger partial charge >= 0.3 is 0 Å². The largest absolute Gasteiger partial charge is 0.507 e. The molecule has 0 aliphatic carbocycles. The van der Waals surface area contributed by atoms with E-state index in [4.69, 9.17) is 4.74 Å². The van der Waals surface area contributed by atoms with Crippen molar-refractivity contribution in [2.24, 2.45) is 0 Å². The smallest absolute Gasteiger partial charge is 0.259 e. The van der Waals surface area contributed by atoms with E-state index in [0.29, 0.717) is 13.0 Å². The fourth-order valence-corrected chi connectivity index (χ4v) is 2.06. The molecule has 19 heavy (non-hydrogen) atoms. The van der Waals surface area contributed by atoms with Gasteiger partial charge in [0.15, 0.2) is 0 Å². The summed E-state index contributed by atoms with van der Waals surface area (Å²) in [6.45, 7) is 0.630. The second kappa shape index (κ2) is 5.60. The van der Waals surface area contributed by atoms with Crippen LogP contribution in [0, 0.1) is 0 Å². The van der Waals surface area contributed by atoms with Gasteiger partial charge in [0.1, 0.15) is 23.1 Å². The van der Waals surface area contributed by atoms with E-state index in [2.05, 4.69) is 10.6 Å². The zero-order valence-corrected chi connectivity index (χ0v) is 10.6. The second-order valence-electron chi connectivity index (χ2n) is 4.31. The van der Waals surface area contributed by atoms with E-state index in [-0.39, 0.29) is 23.0 Å². The maximum absolute atomic E-state index is 12.1. The fraction of sp³-hybridized carbons (Fsp3) is 0.385. The number of methoxy groups -OCH3 is 1. The van der Waals surface area contributed by atoms with Gasteiger partial charge in [-0.3, -0.25) is 9.59 Å². The van der Waals surface area contributed by atoms with Gasteiger partial charge in [-0.25, -0.2) is 0 Å². The van der Waals surface area contributed by atoms with Crippen molar-refractivity contribution in [3.63, 3.8) is 0 Å². The van der Waals surface area contributed by atoms with E-state index >= 15 is 0 Å². The number of piperidine rings is 1. The highest BCUT2D eigenvalue weighted by Gasteiger charge is 2.26. The van der Waals surface area contributed by atoms with Crippen LogP contribution >= 0.6 is 0 Å². The molecular formula is C13H16N2O4. The summed E-state index contributed by atoms with van der Waals surface area (Å²) in [5, 5.41) is 15.0. The summed E-state index contributed by atoms with van der Waals surface area (Å²) in [6.07, 6.45) is 1.40. The molecule has 2 amide bonds. The molecule has 1 heterocycles. The number of rotatable bonds is 3. The van der Waals surface area contributed by atoms with Gasteiger partial charge in [0.25, 0.3) is 5.91 Å². The summed E-state index contributed by atoms with van der Waals surface area (Å²) in [7, 11) is 1.42. The van der Waals surface area contributed by atoms with Gasteiger partial charge in [0, 0.05) is 6.54 Å². The van der Waals surface area contributed by atoms with E-state index in [0.717, 1.165) is 6.42 Å². The lowest BCUT2D eigenvalue weighted by molar-refractivity contribution is -0.124. The predicted octanol–water partition coefficient (Wildman–Crippen LogP) is 0.409. The van der Waals surface area contributed by atoms with Crippen LogP contribution in [0.4, 0.5) is 0 Å². The molecule has 0 spiro atoms. The number of amides is 2. The van der Waals surface area contributed by atoms with Crippen LogP contribution in [0.5, 0.6) is 11.5 Å². The zero-order chi connectivity index (χ0) is 13.8. The van der Waals surface area contributed by atoms with E-state index in [9.17, 15) is 14.7 Å². The van der Waals surface area contributed by atoms with Crippen LogP contribution in [0.1, 0.15) is 23.2 Å². The Morgan fingerprint density at radius 2 is 2.32 bits per heavy atom. The highest BCUT2D eigenvalue weighted by atomic mass is 16.5. The first-order valence-electron chi connectivity index (χ1n) is 6.08. The van der Waals surface area contributed by atoms with Crippen molar-refractivity contribution < 1.29 is 19.4 Å². The molecule has 1 aliphatic heterocycles. The Kier molecular flexibility index (Phi) is 3.89. The number of phenolic OH excluding ortho intramolecular Hbond substituents is 1. The van der Waals surface area contributed by atoms with Crippen molar-refractivity contribution >= 4 is 11.8 Å². The highest BCUT2D eigenvalue weighted by molar-refractivity contribution is 6.01. The first kappa shape index (κ1) is 13.2. The van der Waals surface area contributed by atoms with Crippen LogP contribution in [0.25, 0.3) is 0 Å². The van der Waals surface area contributed by atoms with Gasteiger partial charge in [0.2, 0.25) is 5.91 Å². The third-order valence-corrected chi connectivity index (χ3v) is 3.04. The van der Waals surface area contributed by atoms with Gasteiger partial charge in [-0.05, 0) is 25.0 Å². The highest BCUT2D eigenvalue weighted by Crippen LogP contribution is 2.27. The van der Waals surface area contributed by atoms with Gasteiger partial charge in [0.05, 0.1) is 7.11 Å². The minimum atomic E-state index is -0.564. The molecule has 0 radical (unpaired) electrons. The van der Waals surface area contributed by atoms with Crippen molar-refractivity contribution in [1.82, 2.24) is 10.6 Å². The summed E-state index contributed by atoms with van der Waals surface area (Å²) in [5.41, 5.74) is 0.0448. The summed E-state index contributed by atoms with van der Waals surface area (Å²) in [6, 6.07) is 4.00. The molecule has 0 aromatic heterocycles. The monoisotopic (exact) mass is 264 g/mol. The lowest BCUT2D eigenvalue weighted by atomic mass is 10.1. The summed E-state index contributed by atoms with van der Waals surface area (Å²) < 4.78 is 5.04. The van der Waals surface area contributed by atoms with Crippen LogP contribution in [0.3, 0.4) is 0 Å². The Bertz CT molecular complexity index is 501. The van der Waals surface area contributed by atoms with Crippen molar-refractivity contribution in [1.29, 1.82) is 0 Å². The first-order valence-corrected chi connectivity index (χ1v) is 6.08. The lowest BCUT2D eigenvalue weighted by Gasteiger charge is -2.23. The number of benzene rings is 1. The van der Waals surface area contributed by atoms with Crippen molar-refractivity contribution in [3.8, 4) is 11.5 Å². The summed E-state index contributed by atoms with van der Waals surface area (Å²) >= 11 is 0. The molecule has 1 atom stereocenters. The predicted molar refractivity (Wildman–Crippen MR) is 68.2 cm³/mol. The number of hydrogen-bond acceptors (Lipinski definition) is 4. The normalized spacial score (nSPS) is 18.6. The minimum Gasteiger partial charge on any atom is -0.507 e. The fourth-order valence-electron chi connectivity index (χ4n) is 2.06. The second-order valence-corrected chi connectivity index (χ2v) is 4.31. The lowest BCUT2D eigenvalue weighted by Crippen LogP contribution is -2.50. The Labute approximate surface area is 110 Å². The topological polar surface area (TPSA) is 87.7 Å². The van der Waals surface area contributed by atoms with Crippen LogP contribution in [0.2, 0.25) is 0 Å². The molecule has 6 nitrogen and oxygen atoms in total. The molecule has 2 rings (SSSR count). The molecule has 6 heteroatoms. The van der Waals surface area contributed by atoms with Crippen LogP contribution in [-0.4, -0.2) is 36.6 Å². The minimum absolute atomic E-state index is 0.0448. The summed E-state index contributed by atoms with van der Waals surface area (Å²) in [4.78, 5) is 23.7. The van der Waals surface area contributed by atoms with Gasteiger partial charge in [-0.1, -0.05) is 6.07 Å². The Hall–Kier alpha value is -2.24. The molecule has 1 aliphatic rings. The first-order chi connectivity index (χ1) is 9.13. The Balaban J connectivity index is 2.18. The number of carbonyl (C=O) groups excluding carboxylic acids is 2. The van der Waals surface area contributed by atoms with Gasteiger partial charge in [-0.2, -0.15) is 0 Å². The van der Waals surface area contributed by atoms with Gasteiger partial charge < -0.3 is 20.5 Å². The quantitative estimate of drug-likeness (QED) is 0.738. The number of ether oxygens (including phenoxy) is 1. The molecule has 1 aromatic rings. The Morgan fingerprint density at radius 3 is 3.00 bits per heavy atom. The van der Waals surface area contributed by atoms with Crippen LogP contribution in [-0.2, 0) is 4.79 Å². The van der Waals surface area contributed by atoms with E-state index < -0.39 is 11.9 Å². The molecule has 0 bridgehead atoms. The maximum Gasteiger partial charge on any atom is 0.259 e. The molecule has 0 saturated carbocycles. The van der Waals surface area contributed by atoms with E-state index in [1.807, 2.05) is 0 Å².